The Hall–Kier alpha value is -2.00. The first-order chi connectivity index (χ1) is 11.3. The van der Waals surface area contributed by atoms with Crippen LogP contribution in [0.2, 0.25) is 0 Å². The molecule has 9 heteroatoms. The standard InChI is InChI=1S/C15H15F4N3O2/c16-11-3-1-10(2-4-11)13-20-12(24-21-13)9-22-7-5-14(23,6-8-22)15(17,18)19/h1-4,23H,5-9H2. The molecule has 1 saturated heterocycles. The second kappa shape index (κ2) is 6.14. The predicted molar refractivity (Wildman–Crippen MR) is 75.2 cm³/mol. The van der Waals surface area contributed by atoms with E-state index >= 15 is 0 Å². The summed E-state index contributed by atoms with van der Waals surface area (Å²) in [7, 11) is 0. The molecule has 2 aromatic rings. The summed E-state index contributed by atoms with van der Waals surface area (Å²) >= 11 is 0. The van der Waals surface area contributed by atoms with E-state index in [0.29, 0.717) is 5.56 Å². The van der Waals surface area contributed by atoms with E-state index in [-0.39, 0.29) is 37.2 Å². The van der Waals surface area contributed by atoms with E-state index in [1.54, 1.807) is 4.90 Å². The third kappa shape index (κ3) is 3.41. The minimum absolute atomic E-state index is 0.0737. The molecular formula is C15H15F4N3O2. The fraction of sp³-hybridized carbons (Fsp3) is 0.467. The third-order valence-electron chi connectivity index (χ3n) is 4.14. The number of halogens is 4. The zero-order valence-electron chi connectivity index (χ0n) is 12.6. The van der Waals surface area contributed by atoms with E-state index in [4.69, 9.17) is 4.52 Å². The molecule has 2 heterocycles. The van der Waals surface area contributed by atoms with E-state index in [9.17, 15) is 22.7 Å². The van der Waals surface area contributed by atoms with Crippen molar-refractivity contribution in [2.45, 2.75) is 31.2 Å². The number of hydrogen-bond donors (Lipinski definition) is 1. The molecule has 0 amide bonds. The summed E-state index contributed by atoms with van der Waals surface area (Å²) in [5, 5.41) is 13.4. The first-order valence-corrected chi connectivity index (χ1v) is 7.37. The number of aromatic nitrogens is 2. The summed E-state index contributed by atoms with van der Waals surface area (Å²) in [5.41, 5.74) is -2.05. The average Bonchev–Trinajstić information content (AvgIpc) is 2.98. The highest BCUT2D eigenvalue weighted by atomic mass is 19.4. The van der Waals surface area contributed by atoms with Gasteiger partial charge >= 0.3 is 6.18 Å². The Morgan fingerprint density at radius 1 is 1.17 bits per heavy atom. The fourth-order valence-corrected chi connectivity index (χ4v) is 2.59. The molecule has 3 rings (SSSR count). The van der Waals surface area contributed by atoms with Crippen molar-refractivity contribution in [1.29, 1.82) is 0 Å². The smallest absolute Gasteiger partial charge is 0.380 e. The lowest BCUT2D eigenvalue weighted by atomic mass is 9.91. The summed E-state index contributed by atoms with van der Waals surface area (Å²) < 4.78 is 56.3. The molecular weight excluding hydrogens is 330 g/mol. The molecule has 0 bridgehead atoms. The number of rotatable bonds is 3. The number of piperidine rings is 1. The van der Waals surface area contributed by atoms with Gasteiger partial charge in [-0.1, -0.05) is 5.16 Å². The Bertz CT molecular complexity index is 691. The summed E-state index contributed by atoms with van der Waals surface area (Å²) in [5.74, 6) is 0.161. The van der Waals surface area contributed by atoms with Gasteiger partial charge in [0.05, 0.1) is 6.54 Å². The highest BCUT2D eigenvalue weighted by Gasteiger charge is 2.54. The number of hydrogen-bond acceptors (Lipinski definition) is 5. The monoisotopic (exact) mass is 345 g/mol. The number of benzene rings is 1. The maximum Gasteiger partial charge on any atom is 0.417 e. The van der Waals surface area contributed by atoms with E-state index in [2.05, 4.69) is 10.1 Å². The molecule has 1 aliphatic heterocycles. The molecule has 1 aliphatic rings. The van der Waals surface area contributed by atoms with Gasteiger partial charge in [0, 0.05) is 18.7 Å². The lowest BCUT2D eigenvalue weighted by molar-refractivity contribution is -0.273. The lowest BCUT2D eigenvalue weighted by Gasteiger charge is -2.38. The number of likely N-dealkylation sites (tertiary alicyclic amines) is 1. The van der Waals surface area contributed by atoms with Gasteiger partial charge in [-0.05, 0) is 37.1 Å². The van der Waals surface area contributed by atoms with Crippen molar-refractivity contribution >= 4 is 0 Å². The molecule has 1 aromatic carbocycles. The van der Waals surface area contributed by atoms with Crippen LogP contribution in [0.5, 0.6) is 0 Å². The van der Waals surface area contributed by atoms with E-state index < -0.39 is 24.6 Å². The number of aliphatic hydroxyl groups is 1. The van der Waals surface area contributed by atoms with Crippen LogP contribution < -0.4 is 0 Å². The summed E-state index contributed by atoms with van der Waals surface area (Å²) in [4.78, 5) is 5.87. The van der Waals surface area contributed by atoms with Crippen molar-refractivity contribution in [2.75, 3.05) is 13.1 Å². The normalized spacial score (nSPS) is 18.7. The Balaban J connectivity index is 1.61. The van der Waals surface area contributed by atoms with Crippen molar-refractivity contribution in [3.63, 3.8) is 0 Å². The lowest BCUT2D eigenvalue weighted by Crippen LogP contribution is -2.53. The number of nitrogens with zero attached hydrogens (tertiary/aromatic N) is 3. The van der Waals surface area contributed by atoms with Gasteiger partial charge in [-0.3, -0.25) is 4.90 Å². The zero-order chi connectivity index (χ0) is 17.4. The Kier molecular flexibility index (Phi) is 4.31. The SMILES string of the molecule is OC1(C(F)(F)F)CCN(Cc2nc(-c3ccc(F)cc3)no2)CC1. The molecule has 0 saturated carbocycles. The molecule has 24 heavy (non-hydrogen) atoms. The molecule has 5 nitrogen and oxygen atoms in total. The molecule has 0 aliphatic carbocycles. The summed E-state index contributed by atoms with van der Waals surface area (Å²) in [6.45, 7) is 0.344. The van der Waals surface area contributed by atoms with Crippen molar-refractivity contribution in [3.05, 3.63) is 36.0 Å². The molecule has 0 radical (unpaired) electrons. The second-order valence-electron chi connectivity index (χ2n) is 5.82. The minimum atomic E-state index is -4.63. The van der Waals surface area contributed by atoms with Crippen LogP contribution in [0, 0.1) is 5.82 Å². The van der Waals surface area contributed by atoms with Gasteiger partial charge in [0.2, 0.25) is 11.7 Å². The van der Waals surface area contributed by atoms with E-state index in [0.717, 1.165) is 0 Å². The molecule has 0 atom stereocenters. The Labute approximate surface area is 134 Å². The van der Waals surface area contributed by atoms with Crippen LogP contribution in [0.25, 0.3) is 11.4 Å². The largest absolute Gasteiger partial charge is 0.417 e. The van der Waals surface area contributed by atoms with Gasteiger partial charge in [0.15, 0.2) is 5.60 Å². The Morgan fingerprint density at radius 3 is 2.38 bits per heavy atom. The summed E-state index contributed by atoms with van der Waals surface area (Å²) in [6, 6.07) is 5.56. The number of alkyl halides is 3. The molecule has 1 fully saturated rings. The van der Waals surface area contributed by atoms with Gasteiger partial charge in [-0.2, -0.15) is 18.2 Å². The fourth-order valence-electron chi connectivity index (χ4n) is 2.59. The maximum absolute atomic E-state index is 12.9. The van der Waals surface area contributed by atoms with Gasteiger partial charge < -0.3 is 9.63 Å². The van der Waals surface area contributed by atoms with Crippen LogP contribution in [0.15, 0.2) is 28.8 Å². The van der Waals surface area contributed by atoms with Crippen molar-refractivity contribution in [2.24, 2.45) is 0 Å². The van der Waals surface area contributed by atoms with E-state index in [1.807, 2.05) is 0 Å². The van der Waals surface area contributed by atoms with Crippen LogP contribution in [0.4, 0.5) is 17.6 Å². The minimum Gasteiger partial charge on any atom is -0.380 e. The average molecular weight is 345 g/mol. The predicted octanol–water partition coefficient (Wildman–Crippen LogP) is 2.76. The molecule has 0 spiro atoms. The molecule has 130 valence electrons. The first-order valence-electron chi connectivity index (χ1n) is 7.37. The third-order valence-corrected chi connectivity index (χ3v) is 4.14. The highest BCUT2D eigenvalue weighted by Crippen LogP contribution is 2.38. The second-order valence-corrected chi connectivity index (χ2v) is 5.82. The summed E-state index contributed by atoms with van der Waals surface area (Å²) in [6.07, 6.45) is -5.41. The van der Waals surface area contributed by atoms with Crippen LogP contribution in [0.3, 0.4) is 0 Å². The highest BCUT2D eigenvalue weighted by molar-refractivity contribution is 5.53. The van der Waals surface area contributed by atoms with E-state index in [1.165, 1.54) is 24.3 Å². The molecule has 0 unspecified atom stereocenters. The van der Waals surface area contributed by atoms with Crippen LogP contribution in [-0.2, 0) is 6.54 Å². The van der Waals surface area contributed by atoms with Gasteiger partial charge in [0.25, 0.3) is 0 Å². The van der Waals surface area contributed by atoms with Crippen molar-refractivity contribution in [1.82, 2.24) is 15.0 Å². The van der Waals surface area contributed by atoms with Crippen molar-refractivity contribution < 1.29 is 27.2 Å². The first kappa shape index (κ1) is 16.8. The van der Waals surface area contributed by atoms with Crippen LogP contribution in [0.1, 0.15) is 18.7 Å². The molecule has 1 N–H and O–H groups in total. The van der Waals surface area contributed by atoms with Gasteiger partial charge in [0.1, 0.15) is 5.82 Å². The van der Waals surface area contributed by atoms with Crippen molar-refractivity contribution in [3.8, 4) is 11.4 Å². The molecule has 1 aromatic heterocycles. The zero-order valence-corrected chi connectivity index (χ0v) is 12.6. The van der Waals surface area contributed by atoms with Crippen LogP contribution >= 0.6 is 0 Å². The quantitative estimate of drug-likeness (QED) is 0.867. The van der Waals surface area contributed by atoms with Gasteiger partial charge in [-0.15, -0.1) is 0 Å². The van der Waals surface area contributed by atoms with Crippen LogP contribution in [-0.4, -0.2) is 45.0 Å². The topological polar surface area (TPSA) is 62.4 Å². The van der Waals surface area contributed by atoms with Gasteiger partial charge in [-0.25, -0.2) is 4.39 Å². The Morgan fingerprint density at radius 2 is 1.79 bits per heavy atom. The maximum atomic E-state index is 12.9.